The zero-order valence-electron chi connectivity index (χ0n) is 15.7. The van der Waals surface area contributed by atoms with Crippen LogP contribution in [0.1, 0.15) is 33.6 Å². The van der Waals surface area contributed by atoms with E-state index in [0.717, 1.165) is 18.5 Å². The van der Waals surface area contributed by atoms with Gasteiger partial charge < -0.3 is 29.7 Å². The molecule has 1 spiro atoms. The number of nitrogens with two attached hydrogens (primary N) is 1. The monoisotopic (exact) mass is 364 g/mol. The Morgan fingerprint density at radius 1 is 1.31 bits per heavy atom. The molecule has 1 amide bonds. The molecule has 0 saturated carbocycles. The molecule has 2 aliphatic heterocycles. The van der Waals surface area contributed by atoms with Gasteiger partial charge in [-0.15, -0.1) is 0 Å². The number of anilines is 2. The fraction of sp³-hybridized carbons (Fsp3) is 0.667. The van der Waals surface area contributed by atoms with Gasteiger partial charge in [0.05, 0.1) is 17.5 Å². The second kappa shape index (κ2) is 7.28. The molecule has 0 unspecified atom stereocenters. The molecule has 3 rings (SSSR count). The van der Waals surface area contributed by atoms with Crippen LogP contribution in [0.3, 0.4) is 0 Å². The van der Waals surface area contributed by atoms with Crippen molar-refractivity contribution in [2.24, 2.45) is 0 Å². The fourth-order valence-corrected chi connectivity index (χ4v) is 3.23. The van der Waals surface area contributed by atoms with Crippen molar-refractivity contribution in [1.29, 1.82) is 0 Å². The predicted octanol–water partition coefficient (Wildman–Crippen LogP) is 2.20. The van der Waals surface area contributed by atoms with Gasteiger partial charge in [-0.25, -0.2) is 9.78 Å². The van der Waals surface area contributed by atoms with Crippen molar-refractivity contribution in [2.75, 3.05) is 43.8 Å². The van der Waals surface area contributed by atoms with Crippen LogP contribution in [-0.2, 0) is 14.2 Å². The van der Waals surface area contributed by atoms with E-state index in [9.17, 15) is 4.79 Å². The van der Waals surface area contributed by atoms with Crippen LogP contribution in [0.4, 0.5) is 16.3 Å². The number of carbonyl (C=O) groups is 1. The molecule has 0 atom stereocenters. The zero-order valence-corrected chi connectivity index (χ0v) is 15.7. The van der Waals surface area contributed by atoms with E-state index in [2.05, 4.69) is 9.88 Å². The molecule has 8 heteroatoms. The lowest BCUT2D eigenvalue weighted by atomic mass is 9.90. The first-order valence-corrected chi connectivity index (χ1v) is 8.93. The van der Waals surface area contributed by atoms with Gasteiger partial charge in [0.1, 0.15) is 24.9 Å². The highest BCUT2D eigenvalue weighted by atomic mass is 16.7. The number of pyridine rings is 1. The number of carbonyl (C=O) groups excluding carboxylic acids is 1. The summed E-state index contributed by atoms with van der Waals surface area (Å²) in [5.41, 5.74) is 5.78. The third-order valence-corrected chi connectivity index (χ3v) is 4.64. The molecule has 2 N–H and O–H groups in total. The highest BCUT2D eigenvalue weighted by Crippen LogP contribution is 2.31. The predicted molar refractivity (Wildman–Crippen MR) is 97.7 cm³/mol. The zero-order chi connectivity index (χ0) is 18.8. The number of piperidine rings is 1. The Morgan fingerprint density at radius 2 is 2.04 bits per heavy atom. The molecule has 26 heavy (non-hydrogen) atoms. The molecule has 3 heterocycles. The van der Waals surface area contributed by atoms with Crippen molar-refractivity contribution in [3.05, 3.63) is 18.3 Å². The second-order valence-electron chi connectivity index (χ2n) is 7.89. The summed E-state index contributed by atoms with van der Waals surface area (Å²) in [5, 5.41) is 0. The molecule has 0 radical (unpaired) electrons. The number of likely N-dealkylation sites (tertiary alicyclic amines) is 1. The molecule has 0 bridgehead atoms. The van der Waals surface area contributed by atoms with E-state index < -0.39 is 5.60 Å². The number of nitrogens with zero attached hydrogens (tertiary/aromatic N) is 3. The van der Waals surface area contributed by atoms with Crippen molar-refractivity contribution >= 4 is 17.6 Å². The number of ether oxygens (including phenoxy) is 3. The molecule has 8 nitrogen and oxygen atoms in total. The molecule has 2 fully saturated rings. The first-order chi connectivity index (χ1) is 12.3. The van der Waals surface area contributed by atoms with E-state index in [4.69, 9.17) is 19.9 Å². The molecule has 144 valence electrons. The lowest BCUT2D eigenvalue weighted by Crippen LogP contribution is -2.53. The topological polar surface area (TPSA) is 90.2 Å². The van der Waals surface area contributed by atoms with E-state index in [1.165, 1.54) is 0 Å². The lowest BCUT2D eigenvalue weighted by molar-refractivity contribution is -0.136. The van der Waals surface area contributed by atoms with Crippen LogP contribution in [0.25, 0.3) is 0 Å². The minimum absolute atomic E-state index is 0.241. The minimum atomic E-state index is -0.488. The Morgan fingerprint density at radius 3 is 2.65 bits per heavy atom. The maximum absolute atomic E-state index is 12.3. The van der Waals surface area contributed by atoms with Gasteiger partial charge in [0, 0.05) is 19.6 Å². The van der Waals surface area contributed by atoms with Gasteiger partial charge in [-0.1, -0.05) is 0 Å². The van der Waals surface area contributed by atoms with Crippen molar-refractivity contribution in [2.45, 2.75) is 44.8 Å². The van der Waals surface area contributed by atoms with Gasteiger partial charge >= 0.3 is 6.09 Å². The van der Waals surface area contributed by atoms with E-state index >= 15 is 0 Å². The summed E-state index contributed by atoms with van der Waals surface area (Å²) in [6.45, 7) is 8.18. The number of rotatable bonds is 1. The van der Waals surface area contributed by atoms with Crippen LogP contribution in [0.15, 0.2) is 18.3 Å². The van der Waals surface area contributed by atoms with Gasteiger partial charge in [-0.05, 0) is 45.7 Å². The Kier molecular flexibility index (Phi) is 5.24. The lowest BCUT2D eigenvalue weighted by Gasteiger charge is -2.42. The van der Waals surface area contributed by atoms with Gasteiger partial charge in [0.25, 0.3) is 0 Å². The molecule has 1 aromatic rings. The Labute approximate surface area is 154 Å². The minimum Gasteiger partial charge on any atom is -0.444 e. The summed E-state index contributed by atoms with van der Waals surface area (Å²) in [6, 6.07) is 3.71. The summed E-state index contributed by atoms with van der Waals surface area (Å²) in [7, 11) is 0. The third kappa shape index (κ3) is 4.56. The number of hydrogen-bond donors (Lipinski definition) is 1. The highest BCUT2D eigenvalue weighted by Gasteiger charge is 2.41. The standard InChI is InChI=1S/C18H28N4O4/c1-17(2,3)26-16(23)21-8-6-18(7-9-21)11-22(12-24-13-25-18)14-4-5-15(19)20-10-14/h4-5,10H,6-9,11-13H2,1-3H3,(H2,19,20). The molecule has 2 aliphatic rings. The summed E-state index contributed by atoms with van der Waals surface area (Å²) < 4.78 is 17.1. The Bertz CT molecular complexity index is 621. The van der Waals surface area contributed by atoms with Crippen LogP contribution in [0.2, 0.25) is 0 Å². The van der Waals surface area contributed by atoms with Crippen LogP contribution >= 0.6 is 0 Å². The Hall–Kier alpha value is -2.06. The fourth-order valence-electron chi connectivity index (χ4n) is 3.23. The SMILES string of the molecule is CC(C)(C)OC(=O)N1CCC2(CC1)CN(c1ccc(N)nc1)COCO2. The highest BCUT2D eigenvalue weighted by molar-refractivity contribution is 5.68. The Balaban J connectivity index is 1.64. The van der Waals surface area contributed by atoms with Gasteiger partial charge in [0.15, 0.2) is 0 Å². The number of amides is 1. The summed E-state index contributed by atoms with van der Waals surface area (Å²) >= 11 is 0. The maximum atomic E-state index is 12.3. The van der Waals surface area contributed by atoms with Crippen molar-refractivity contribution in [3.8, 4) is 0 Å². The first-order valence-electron chi connectivity index (χ1n) is 8.93. The molecule has 0 aliphatic carbocycles. The van der Waals surface area contributed by atoms with E-state index in [1.807, 2.05) is 26.8 Å². The van der Waals surface area contributed by atoms with Crippen LogP contribution in [-0.4, -0.2) is 60.3 Å². The largest absolute Gasteiger partial charge is 0.444 e. The number of nitrogen functional groups attached to an aromatic ring is 1. The number of hydrogen-bond acceptors (Lipinski definition) is 7. The van der Waals surface area contributed by atoms with Gasteiger partial charge in [0.2, 0.25) is 0 Å². The van der Waals surface area contributed by atoms with Crippen LogP contribution in [0, 0.1) is 0 Å². The average Bonchev–Trinajstić information content (AvgIpc) is 2.77. The van der Waals surface area contributed by atoms with Crippen LogP contribution in [0.5, 0.6) is 0 Å². The average molecular weight is 364 g/mol. The molecule has 0 aromatic carbocycles. The smallest absolute Gasteiger partial charge is 0.410 e. The third-order valence-electron chi connectivity index (χ3n) is 4.64. The second-order valence-corrected chi connectivity index (χ2v) is 7.89. The quantitative estimate of drug-likeness (QED) is 0.817. The van der Waals surface area contributed by atoms with Gasteiger partial charge in [-0.3, -0.25) is 0 Å². The number of aromatic nitrogens is 1. The van der Waals surface area contributed by atoms with Crippen molar-refractivity contribution in [1.82, 2.24) is 9.88 Å². The molecular weight excluding hydrogens is 336 g/mol. The first kappa shape index (κ1) is 18.7. The summed E-state index contributed by atoms with van der Waals surface area (Å²) in [6.07, 6.45) is 2.94. The normalized spacial score (nSPS) is 20.7. The molecule has 1 aromatic heterocycles. The molecular formula is C18H28N4O4. The van der Waals surface area contributed by atoms with Crippen molar-refractivity contribution < 1.29 is 19.0 Å². The van der Waals surface area contributed by atoms with E-state index in [1.54, 1.807) is 17.2 Å². The van der Waals surface area contributed by atoms with Gasteiger partial charge in [-0.2, -0.15) is 0 Å². The van der Waals surface area contributed by atoms with Crippen molar-refractivity contribution in [3.63, 3.8) is 0 Å². The van der Waals surface area contributed by atoms with E-state index in [0.29, 0.717) is 32.2 Å². The maximum Gasteiger partial charge on any atom is 0.410 e. The van der Waals surface area contributed by atoms with E-state index in [-0.39, 0.29) is 18.5 Å². The summed E-state index contributed by atoms with van der Waals surface area (Å²) in [4.78, 5) is 20.3. The van der Waals surface area contributed by atoms with Crippen LogP contribution < -0.4 is 10.6 Å². The summed E-state index contributed by atoms with van der Waals surface area (Å²) in [5.74, 6) is 0.487. The molecule has 2 saturated heterocycles.